The summed E-state index contributed by atoms with van der Waals surface area (Å²) in [6, 6.07) is 4.83. The number of aromatic nitrogens is 2. The Labute approximate surface area is 98.6 Å². The van der Waals surface area contributed by atoms with Gasteiger partial charge in [-0.3, -0.25) is 5.10 Å². The van der Waals surface area contributed by atoms with Crippen LogP contribution >= 0.6 is 0 Å². The maximum absolute atomic E-state index is 13.7. The molecule has 17 heavy (non-hydrogen) atoms. The van der Waals surface area contributed by atoms with Gasteiger partial charge >= 0.3 is 0 Å². The van der Waals surface area contributed by atoms with Crippen LogP contribution in [0, 0.1) is 5.82 Å². The van der Waals surface area contributed by atoms with Crippen molar-refractivity contribution in [1.29, 1.82) is 0 Å². The lowest BCUT2D eigenvalue weighted by atomic mass is 10.1. The molecule has 0 saturated heterocycles. The zero-order valence-corrected chi connectivity index (χ0v) is 9.53. The molecule has 5 heteroatoms. The highest BCUT2D eigenvalue weighted by Gasteiger charge is 2.09. The van der Waals surface area contributed by atoms with Crippen molar-refractivity contribution >= 4 is 0 Å². The predicted molar refractivity (Wildman–Crippen MR) is 63.0 cm³/mol. The molecule has 0 radical (unpaired) electrons. The van der Waals surface area contributed by atoms with Gasteiger partial charge in [0.2, 0.25) is 0 Å². The molecule has 0 aliphatic rings. The Morgan fingerprint density at radius 1 is 1.47 bits per heavy atom. The van der Waals surface area contributed by atoms with Crippen molar-refractivity contribution in [2.75, 3.05) is 6.61 Å². The number of hydrogen-bond acceptors (Lipinski definition) is 3. The molecule has 1 heterocycles. The summed E-state index contributed by atoms with van der Waals surface area (Å²) in [6.07, 6.45) is 1.64. The normalized spacial score (nSPS) is 10.5. The Morgan fingerprint density at radius 2 is 2.29 bits per heavy atom. The van der Waals surface area contributed by atoms with Gasteiger partial charge in [0.05, 0.1) is 18.5 Å². The van der Waals surface area contributed by atoms with Gasteiger partial charge in [-0.2, -0.15) is 5.10 Å². The summed E-state index contributed by atoms with van der Waals surface area (Å²) in [5.74, 6) is -0.123. The molecule has 90 valence electrons. The first-order chi connectivity index (χ1) is 8.26. The number of halogens is 1. The highest BCUT2D eigenvalue weighted by atomic mass is 19.1. The van der Waals surface area contributed by atoms with Crippen LogP contribution in [0.5, 0.6) is 5.75 Å². The lowest BCUT2D eigenvalue weighted by Gasteiger charge is -2.06. The first-order valence-corrected chi connectivity index (χ1v) is 5.41. The Bertz CT molecular complexity index is 510. The highest BCUT2D eigenvalue weighted by molar-refractivity contribution is 5.66. The van der Waals surface area contributed by atoms with E-state index in [4.69, 9.17) is 10.5 Å². The third-order valence-electron chi connectivity index (χ3n) is 2.47. The summed E-state index contributed by atoms with van der Waals surface area (Å²) >= 11 is 0. The van der Waals surface area contributed by atoms with Gasteiger partial charge in [-0.1, -0.05) is 6.07 Å². The largest absolute Gasteiger partial charge is 0.491 e. The summed E-state index contributed by atoms with van der Waals surface area (Å²) < 4.78 is 18.8. The highest BCUT2D eigenvalue weighted by Crippen LogP contribution is 2.27. The van der Waals surface area contributed by atoms with Gasteiger partial charge in [-0.15, -0.1) is 0 Å². The molecule has 0 amide bonds. The molecule has 2 rings (SSSR count). The Hall–Kier alpha value is -1.88. The molecule has 3 N–H and O–H groups in total. The third-order valence-corrected chi connectivity index (χ3v) is 2.47. The van der Waals surface area contributed by atoms with Gasteiger partial charge in [0, 0.05) is 12.1 Å². The van der Waals surface area contributed by atoms with Gasteiger partial charge < -0.3 is 10.5 Å². The molecule has 1 aromatic carbocycles. The molecular weight excluding hydrogens is 221 g/mol. The Kier molecular flexibility index (Phi) is 3.39. The Balaban J connectivity index is 2.37. The summed E-state index contributed by atoms with van der Waals surface area (Å²) in [5.41, 5.74) is 7.89. The number of aromatic amines is 1. The van der Waals surface area contributed by atoms with Crippen LogP contribution in [0.3, 0.4) is 0 Å². The molecule has 0 spiro atoms. The number of hydrogen-bond donors (Lipinski definition) is 2. The minimum absolute atomic E-state index is 0.258. The van der Waals surface area contributed by atoms with Crippen molar-refractivity contribution in [3.63, 3.8) is 0 Å². The van der Waals surface area contributed by atoms with Crippen LogP contribution in [-0.2, 0) is 6.54 Å². The molecular formula is C12H14FN3O. The first kappa shape index (κ1) is 11.6. The molecule has 1 aromatic heterocycles. The number of benzene rings is 1. The molecule has 4 nitrogen and oxygen atoms in total. The number of ether oxygens (including phenoxy) is 1. The minimum atomic E-state index is -0.381. The van der Waals surface area contributed by atoms with Crippen LogP contribution in [0.25, 0.3) is 11.1 Å². The van der Waals surface area contributed by atoms with E-state index < -0.39 is 0 Å². The fourth-order valence-electron chi connectivity index (χ4n) is 1.66. The number of nitrogens with two attached hydrogens (primary N) is 1. The van der Waals surface area contributed by atoms with Crippen LogP contribution in [0.1, 0.15) is 12.6 Å². The standard InChI is InChI=1S/C12H14FN3O/c1-2-17-12-4-3-8(5-10(12)13)9-7-15-16-11(9)6-14/h3-5,7H,2,6,14H2,1H3,(H,15,16). The van der Waals surface area contributed by atoms with Crippen molar-refractivity contribution in [2.24, 2.45) is 5.73 Å². The van der Waals surface area contributed by atoms with Gasteiger partial charge in [0.25, 0.3) is 0 Å². The number of rotatable bonds is 4. The predicted octanol–water partition coefficient (Wildman–Crippen LogP) is 2.07. The second kappa shape index (κ2) is 4.97. The van der Waals surface area contributed by atoms with E-state index in [9.17, 15) is 4.39 Å². The van der Waals surface area contributed by atoms with E-state index in [0.717, 1.165) is 16.8 Å². The molecule has 0 atom stereocenters. The second-order valence-electron chi connectivity index (χ2n) is 3.54. The van der Waals surface area contributed by atoms with Gasteiger partial charge in [0.1, 0.15) is 0 Å². The van der Waals surface area contributed by atoms with Crippen molar-refractivity contribution in [3.05, 3.63) is 35.9 Å². The zero-order valence-electron chi connectivity index (χ0n) is 9.53. The van der Waals surface area contributed by atoms with E-state index in [-0.39, 0.29) is 11.6 Å². The fraction of sp³-hybridized carbons (Fsp3) is 0.250. The summed E-state index contributed by atoms with van der Waals surface area (Å²) in [5, 5.41) is 6.68. The molecule has 2 aromatic rings. The lowest BCUT2D eigenvalue weighted by molar-refractivity contribution is 0.321. The van der Waals surface area contributed by atoms with Crippen LogP contribution < -0.4 is 10.5 Å². The van der Waals surface area contributed by atoms with Crippen LogP contribution in [0.15, 0.2) is 24.4 Å². The smallest absolute Gasteiger partial charge is 0.165 e. The second-order valence-corrected chi connectivity index (χ2v) is 3.54. The van der Waals surface area contributed by atoms with E-state index in [1.807, 2.05) is 6.92 Å². The van der Waals surface area contributed by atoms with Gasteiger partial charge in [0.15, 0.2) is 11.6 Å². The quantitative estimate of drug-likeness (QED) is 0.852. The SMILES string of the molecule is CCOc1ccc(-c2cn[nH]c2CN)cc1F. The fourth-order valence-corrected chi connectivity index (χ4v) is 1.66. The lowest BCUT2D eigenvalue weighted by Crippen LogP contribution is -1.99. The van der Waals surface area contributed by atoms with E-state index in [0.29, 0.717) is 13.2 Å². The van der Waals surface area contributed by atoms with E-state index in [1.54, 1.807) is 18.3 Å². The van der Waals surface area contributed by atoms with Crippen molar-refractivity contribution in [1.82, 2.24) is 10.2 Å². The molecule has 0 saturated carbocycles. The zero-order chi connectivity index (χ0) is 12.3. The van der Waals surface area contributed by atoms with E-state index >= 15 is 0 Å². The summed E-state index contributed by atoms with van der Waals surface area (Å²) in [6.45, 7) is 2.59. The molecule has 0 aliphatic carbocycles. The van der Waals surface area contributed by atoms with E-state index in [1.165, 1.54) is 6.07 Å². The first-order valence-electron chi connectivity index (χ1n) is 5.41. The average molecular weight is 235 g/mol. The van der Waals surface area contributed by atoms with Crippen molar-refractivity contribution in [3.8, 4) is 16.9 Å². The molecule has 0 bridgehead atoms. The van der Waals surface area contributed by atoms with Crippen LogP contribution in [0.4, 0.5) is 4.39 Å². The van der Waals surface area contributed by atoms with Crippen LogP contribution in [0.2, 0.25) is 0 Å². The van der Waals surface area contributed by atoms with Gasteiger partial charge in [-0.25, -0.2) is 4.39 Å². The maximum Gasteiger partial charge on any atom is 0.165 e. The van der Waals surface area contributed by atoms with Gasteiger partial charge in [-0.05, 0) is 24.6 Å². The molecule has 0 aliphatic heterocycles. The number of nitrogens with one attached hydrogen (secondary N) is 1. The topological polar surface area (TPSA) is 63.9 Å². The third kappa shape index (κ3) is 2.29. The average Bonchev–Trinajstić information content (AvgIpc) is 2.80. The maximum atomic E-state index is 13.7. The Morgan fingerprint density at radius 3 is 2.94 bits per heavy atom. The monoisotopic (exact) mass is 235 g/mol. The van der Waals surface area contributed by atoms with E-state index in [2.05, 4.69) is 10.2 Å². The number of nitrogens with zero attached hydrogens (tertiary/aromatic N) is 1. The molecule has 0 fully saturated rings. The summed E-state index contributed by atoms with van der Waals surface area (Å²) in [7, 11) is 0. The summed E-state index contributed by atoms with van der Waals surface area (Å²) in [4.78, 5) is 0. The van der Waals surface area contributed by atoms with Crippen molar-refractivity contribution < 1.29 is 9.13 Å². The molecule has 0 unspecified atom stereocenters. The van der Waals surface area contributed by atoms with Crippen LogP contribution in [-0.4, -0.2) is 16.8 Å². The van der Waals surface area contributed by atoms with Crippen molar-refractivity contribution in [2.45, 2.75) is 13.5 Å². The number of H-pyrrole nitrogens is 1. The minimum Gasteiger partial charge on any atom is -0.491 e.